The third kappa shape index (κ3) is 4.98. The van der Waals surface area contributed by atoms with Crippen LogP contribution in [-0.2, 0) is 9.53 Å². The van der Waals surface area contributed by atoms with Gasteiger partial charge < -0.3 is 9.15 Å². The van der Waals surface area contributed by atoms with Gasteiger partial charge in [-0.2, -0.15) is 0 Å². The Bertz CT molecular complexity index is 1070. The average Bonchev–Trinajstić information content (AvgIpc) is 2.73. The van der Waals surface area contributed by atoms with E-state index in [9.17, 15) is 9.59 Å². The number of hydrogen-bond acceptors (Lipinski definition) is 4. The molecule has 0 bridgehead atoms. The van der Waals surface area contributed by atoms with E-state index in [1.165, 1.54) is 7.11 Å². The third-order valence-electron chi connectivity index (χ3n) is 4.27. The summed E-state index contributed by atoms with van der Waals surface area (Å²) in [6.45, 7) is 7.70. The minimum Gasteiger partial charge on any atom is -0.469 e. The highest BCUT2D eigenvalue weighted by molar-refractivity contribution is 9.10. The lowest BCUT2D eigenvalue weighted by atomic mass is 9.88. The predicted molar refractivity (Wildman–Crippen MR) is 122 cm³/mol. The zero-order chi connectivity index (χ0) is 21.6. The quantitative estimate of drug-likeness (QED) is 0.232. The molecule has 1 atom stereocenters. The van der Waals surface area contributed by atoms with Crippen molar-refractivity contribution in [1.82, 2.24) is 0 Å². The molecule has 3 rings (SSSR count). The standard InChI is InChI=1S/C21H16BrClO4.C2H6/c1-3-4-15(20(24)26-2)19-18(12-5-8-14(23)9-6-12)16-11-13(22)7-10-17(16)27-21(19)25;1-2/h3,5-11,15H,1,4H2,2H3;1-2H3. The maximum absolute atomic E-state index is 12.9. The molecule has 0 fully saturated rings. The van der Waals surface area contributed by atoms with Crippen molar-refractivity contribution >= 4 is 44.5 Å². The van der Waals surface area contributed by atoms with Crippen molar-refractivity contribution < 1.29 is 13.9 Å². The molecule has 1 unspecified atom stereocenters. The summed E-state index contributed by atoms with van der Waals surface area (Å²) in [5.41, 5.74) is 1.47. The number of halogens is 2. The van der Waals surface area contributed by atoms with Crippen LogP contribution in [0.15, 0.2) is 68.8 Å². The van der Waals surface area contributed by atoms with Gasteiger partial charge in [0.15, 0.2) is 0 Å². The smallest absolute Gasteiger partial charge is 0.340 e. The normalized spacial score (nSPS) is 11.3. The van der Waals surface area contributed by atoms with Gasteiger partial charge in [-0.15, -0.1) is 6.58 Å². The molecule has 0 saturated carbocycles. The van der Waals surface area contributed by atoms with Crippen LogP contribution < -0.4 is 5.63 Å². The Kier molecular flexibility index (Phi) is 8.23. The van der Waals surface area contributed by atoms with Crippen LogP contribution in [0.5, 0.6) is 0 Å². The Balaban J connectivity index is 0.00000145. The zero-order valence-electron chi connectivity index (χ0n) is 16.5. The second-order valence-corrected chi connectivity index (χ2v) is 7.28. The maximum Gasteiger partial charge on any atom is 0.340 e. The summed E-state index contributed by atoms with van der Waals surface area (Å²) in [6, 6.07) is 12.4. The number of hydrogen-bond donors (Lipinski definition) is 0. The number of allylic oxidation sites excluding steroid dienone is 1. The van der Waals surface area contributed by atoms with Gasteiger partial charge in [0.05, 0.1) is 18.6 Å². The van der Waals surface area contributed by atoms with Gasteiger partial charge in [0.25, 0.3) is 0 Å². The first-order valence-electron chi connectivity index (χ1n) is 9.17. The monoisotopic (exact) mass is 476 g/mol. The van der Waals surface area contributed by atoms with Gasteiger partial charge in [-0.3, -0.25) is 4.79 Å². The molecule has 2 aromatic carbocycles. The zero-order valence-corrected chi connectivity index (χ0v) is 18.8. The van der Waals surface area contributed by atoms with Crippen LogP contribution in [-0.4, -0.2) is 13.1 Å². The van der Waals surface area contributed by atoms with Crippen LogP contribution in [0.2, 0.25) is 5.02 Å². The summed E-state index contributed by atoms with van der Waals surface area (Å²) in [7, 11) is 1.29. The number of fused-ring (bicyclic) bond motifs is 1. The first-order chi connectivity index (χ1) is 14.0. The number of ether oxygens (including phenoxy) is 1. The van der Waals surface area contributed by atoms with Crippen molar-refractivity contribution in [3.05, 3.63) is 80.6 Å². The highest BCUT2D eigenvalue weighted by Crippen LogP contribution is 2.37. The number of benzene rings is 2. The number of carbonyl (C=O) groups excluding carboxylic acids is 1. The second kappa shape index (κ2) is 10.4. The molecule has 3 aromatic rings. The number of methoxy groups -OCH3 is 1. The van der Waals surface area contributed by atoms with Crippen molar-refractivity contribution in [2.75, 3.05) is 7.11 Å². The van der Waals surface area contributed by atoms with Crippen LogP contribution in [0.3, 0.4) is 0 Å². The van der Waals surface area contributed by atoms with E-state index in [-0.39, 0.29) is 12.0 Å². The minimum atomic E-state index is -0.821. The molecule has 4 nitrogen and oxygen atoms in total. The van der Waals surface area contributed by atoms with Crippen LogP contribution in [0.25, 0.3) is 22.1 Å². The number of rotatable bonds is 5. The van der Waals surface area contributed by atoms with E-state index in [4.69, 9.17) is 20.8 Å². The molecule has 1 heterocycles. The van der Waals surface area contributed by atoms with Crippen molar-refractivity contribution in [3.8, 4) is 11.1 Å². The van der Waals surface area contributed by atoms with E-state index in [1.54, 1.807) is 30.3 Å². The van der Waals surface area contributed by atoms with Crippen molar-refractivity contribution in [3.63, 3.8) is 0 Å². The van der Waals surface area contributed by atoms with Crippen molar-refractivity contribution in [1.29, 1.82) is 0 Å². The fraction of sp³-hybridized carbons (Fsp3) is 0.217. The minimum absolute atomic E-state index is 0.245. The fourth-order valence-corrected chi connectivity index (χ4v) is 3.56. The molecule has 0 aliphatic rings. The van der Waals surface area contributed by atoms with Gasteiger partial charge in [-0.25, -0.2) is 4.79 Å². The molecule has 0 spiro atoms. The number of carbonyl (C=O) groups is 1. The SMILES string of the molecule is C=CCC(C(=O)OC)c1c(-c2ccc(Cl)cc2)c2cc(Br)ccc2oc1=O.CC. The van der Waals surface area contributed by atoms with E-state index < -0.39 is 17.5 Å². The van der Waals surface area contributed by atoms with E-state index in [2.05, 4.69) is 22.5 Å². The lowest BCUT2D eigenvalue weighted by Gasteiger charge is -2.18. The summed E-state index contributed by atoms with van der Waals surface area (Å²) in [5.74, 6) is -1.34. The van der Waals surface area contributed by atoms with Crippen LogP contribution in [0.4, 0.5) is 0 Å². The molecule has 0 aliphatic heterocycles. The molecule has 0 amide bonds. The molecule has 0 aliphatic carbocycles. The first kappa shape index (κ1) is 22.9. The number of esters is 1. The summed E-state index contributed by atoms with van der Waals surface area (Å²) >= 11 is 9.48. The molecular formula is C23H22BrClO4. The van der Waals surface area contributed by atoms with Crippen LogP contribution >= 0.6 is 27.5 Å². The highest BCUT2D eigenvalue weighted by atomic mass is 79.9. The largest absolute Gasteiger partial charge is 0.469 e. The molecule has 1 aromatic heterocycles. The molecule has 0 radical (unpaired) electrons. The van der Waals surface area contributed by atoms with Gasteiger partial charge in [0.1, 0.15) is 5.58 Å². The topological polar surface area (TPSA) is 56.5 Å². The lowest BCUT2D eigenvalue weighted by molar-refractivity contribution is -0.142. The maximum atomic E-state index is 12.9. The van der Waals surface area contributed by atoms with Crippen molar-refractivity contribution in [2.45, 2.75) is 26.2 Å². The summed E-state index contributed by atoms with van der Waals surface area (Å²) < 4.78 is 11.3. The van der Waals surface area contributed by atoms with Gasteiger partial charge in [-0.1, -0.05) is 59.6 Å². The van der Waals surface area contributed by atoms with E-state index in [0.29, 0.717) is 21.6 Å². The fourth-order valence-electron chi connectivity index (χ4n) is 3.07. The predicted octanol–water partition coefficient (Wildman–Crippen LogP) is 6.73. The van der Waals surface area contributed by atoms with E-state index in [0.717, 1.165) is 10.0 Å². The summed E-state index contributed by atoms with van der Waals surface area (Å²) in [6.07, 6.45) is 1.83. The first-order valence-corrected chi connectivity index (χ1v) is 10.3. The Morgan fingerprint density at radius 3 is 2.48 bits per heavy atom. The Labute approximate surface area is 183 Å². The van der Waals surface area contributed by atoms with Gasteiger partial charge in [0.2, 0.25) is 0 Å². The van der Waals surface area contributed by atoms with Crippen LogP contribution in [0.1, 0.15) is 31.7 Å². The third-order valence-corrected chi connectivity index (χ3v) is 5.02. The second-order valence-electron chi connectivity index (χ2n) is 5.93. The molecule has 152 valence electrons. The molecule has 6 heteroatoms. The molecular weight excluding hydrogens is 456 g/mol. The summed E-state index contributed by atoms with van der Waals surface area (Å²) in [5, 5.41) is 1.28. The van der Waals surface area contributed by atoms with Gasteiger partial charge in [-0.05, 0) is 42.3 Å². The summed E-state index contributed by atoms with van der Waals surface area (Å²) in [4.78, 5) is 25.3. The molecule has 0 saturated heterocycles. The highest BCUT2D eigenvalue weighted by Gasteiger charge is 2.29. The lowest BCUT2D eigenvalue weighted by Crippen LogP contribution is -2.22. The van der Waals surface area contributed by atoms with Crippen LogP contribution in [0, 0.1) is 0 Å². The van der Waals surface area contributed by atoms with Gasteiger partial charge >= 0.3 is 11.6 Å². The van der Waals surface area contributed by atoms with Crippen molar-refractivity contribution in [2.24, 2.45) is 0 Å². The van der Waals surface area contributed by atoms with E-state index in [1.807, 2.05) is 32.0 Å². The Morgan fingerprint density at radius 1 is 1.24 bits per heavy atom. The average molecular weight is 478 g/mol. The van der Waals surface area contributed by atoms with Gasteiger partial charge in [0, 0.05) is 20.4 Å². The molecule has 0 N–H and O–H groups in total. The Hall–Kier alpha value is -2.37. The van der Waals surface area contributed by atoms with E-state index >= 15 is 0 Å². The Morgan fingerprint density at radius 2 is 1.90 bits per heavy atom. The molecule has 29 heavy (non-hydrogen) atoms.